The second-order valence-corrected chi connectivity index (χ2v) is 7.26. The van der Waals surface area contributed by atoms with Crippen LogP contribution in [0, 0.1) is 18.3 Å². The number of hydrogen-bond acceptors (Lipinski definition) is 3. The molecular formula is C22H26N4O. The number of nitrogens with zero attached hydrogens (tertiary/aromatic N) is 3. The highest BCUT2D eigenvalue weighted by Gasteiger charge is 2.24. The summed E-state index contributed by atoms with van der Waals surface area (Å²) >= 11 is 0. The van der Waals surface area contributed by atoms with Crippen LogP contribution in [-0.4, -0.2) is 37.1 Å². The first-order chi connectivity index (χ1) is 13.0. The fraction of sp³-hybridized carbons (Fsp3) is 0.364. The minimum Gasteiger partial charge on any atom is -0.368 e. The topological polar surface area (TPSA) is 59.4 Å². The van der Waals surface area contributed by atoms with Crippen LogP contribution in [0.3, 0.4) is 0 Å². The third kappa shape index (κ3) is 4.22. The highest BCUT2D eigenvalue weighted by Crippen LogP contribution is 2.31. The normalized spacial score (nSPS) is 14.2. The van der Waals surface area contributed by atoms with Crippen LogP contribution in [0.5, 0.6) is 0 Å². The molecule has 5 heteroatoms. The van der Waals surface area contributed by atoms with E-state index in [9.17, 15) is 4.79 Å². The predicted molar refractivity (Wildman–Crippen MR) is 109 cm³/mol. The second-order valence-electron chi connectivity index (χ2n) is 7.26. The molecule has 0 bridgehead atoms. The Morgan fingerprint density at radius 1 is 1.11 bits per heavy atom. The van der Waals surface area contributed by atoms with Crippen molar-refractivity contribution in [3.8, 4) is 6.07 Å². The zero-order valence-corrected chi connectivity index (χ0v) is 16.2. The predicted octanol–water partition coefficient (Wildman–Crippen LogP) is 4.34. The van der Waals surface area contributed by atoms with E-state index in [1.807, 2.05) is 4.90 Å². The fourth-order valence-electron chi connectivity index (χ4n) is 3.58. The summed E-state index contributed by atoms with van der Waals surface area (Å²) in [4.78, 5) is 16.8. The van der Waals surface area contributed by atoms with E-state index < -0.39 is 0 Å². The smallest absolute Gasteiger partial charge is 0.321 e. The quantitative estimate of drug-likeness (QED) is 0.883. The highest BCUT2D eigenvalue weighted by molar-refractivity contribution is 5.89. The third-order valence-electron chi connectivity index (χ3n) is 5.02. The summed E-state index contributed by atoms with van der Waals surface area (Å²) in [6, 6.07) is 15.5. The summed E-state index contributed by atoms with van der Waals surface area (Å²) in [5, 5.41) is 11.9. The molecule has 2 aromatic rings. The van der Waals surface area contributed by atoms with Crippen molar-refractivity contribution in [1.82, 2.24) is 4.90 Å². The van der Waals surface area contributed by atoms with E-state index in [1.54, 1.807) is 24.3 Å². The maximum Gasteiger partial charge on any atom is 0.321 e. The Bertz CT molecular complexity index is 861. The third-order valence-corrected chi connectivity index (χ3v) is 5.02. The molecule has 27 heavy (non-hydrogen) atoms. The number of nitrogens with one attached hydrogen (secondary N) is 1. The van der Waals surface area contributed by atoms with Gasteiger partial charge in [0, 0.05) is 37.6 Å². The monoisotopic (exact) mass is 362 g/mol. The molecule has 0 radical (unpaired) electrons. The lowest BCUT2D eigenvalue weighted by Crippen LogP contribution is -2.50. The number of amides is 2. The standard InChI is InChI=1S/C22H26N4O/c1-16(2)20-9-4-6-17(3)21(20)25-10-12-26(13-11-25)22(27)24-19-8-5-7-18(14-19)15-23/h4-9,14,16H,10-13H2,1-3H3,(H,24,27). The SMILES string of the molecule is Cc1cccc(C(C)C)c1N1CCN(C(=O)Nc2cccc(C#N)c2)CC1. The Morgan fingerprint density at radius 2 is 1.81 bits per heavy atom. The number of benzene rings is 2. The van der Waals surface area contributed by atoms with Gasteiger partial charge in [0.15, 0.2) is 0 Å². The summed E-state index contributed by atoms with van der Waals surface area (Å²) in [5.41, 5.74) is 5.16. The first kappa shape index (κ1) is 18.8. The Labute approximate surface area is 161 Å². The van der Waals surface area contributed by atoms with Crippen LogP contribution in [0.2, 0.25) is 0 Å². The molecule has 0 saturated carbocycles. The molecule has 0 spiro atoms. The van der Waals surface area contributed by atoms with Crippen molar-refractivity contribution < 1.29 is 4.79 Å². The second kappa shape index (κ2) is 8.13. The number of carbonyl (C=O) groups is 1. The van der Waals surface area contributed by atoms with Crippen molar-refractivity contribution in [2.45, 2.75) is 26.7 Å². The molecule has 1 N–H and O–H groups in total. The highest BCUT2D eigenvalue weighted by atomic mass is 16.2. The average molecular weight is 362 g/mol. The summed E-state index contributed by atoms with van der Waals surface area (Å²) in [6.45, 7) is 9.58. The number of aryl methyl sites for hydroxylation is 1. The van der Waals surface area contributed by atoms with Gasteiger partial charge in [-0.3, -0.25) is 0 Å². The molecule has 140 valence electrons. The molecule has 3 rings (SSSR count). The lowest BCUT2D eigenvalue weighted by atomic mass is 9.97. The molecule has 0 aromatic heterocycles. The molecule has 1 fully saturated rings. The van der Waals surface area contributed by atoms with Crippen LogP contribution in [0.15, 0.2) is 42.5 Å². The van der Waals surface area contributed by atoms with Crippen LogP contribution >= 0.6 is 0 Å². The molecule has 0 aliphatic carbocycles. The first-order valence-corrected chi connectivity index (χ1v) is 9.40. The Morgan fingerprint density at radius 3 is 2.48 bits per heavy atom. The van der Waals surface area contributed by atoms with E-state index in [2.05, 4.69) is 55.3 Å². The zero-order valence-electron chi connectivity index (χ0n) is 16.2. The van der Waals surface area contributed by atoms with E-state index in [0.717, 1.165) is 13.1 Å². The maximum atomic E-state index is 12.6. The molecule has 0 atom stereocenters. The molecule has 1 aliphatic heterocycles. The lowest BCUT2D eigenvalue weighted by Gasteiger charge is -2.38. The molecule has 1 heterocycles. The van der Waals surface area contributed by atoms with Crippen LogP contribution < -0.4 is 10.2 Å². The summed E-state index contributed by atoms with van der Waals surface area (Å²) in [5.74, 6) is 0.466. The Hall–Kier alpha value is -3.00. The van der Waals surface area contributed by atoms with E-state index in [4.69, 9.17) is 5.26 Å². The average Bonchev–Trinajstić information content (AvgIpc) is 2.68. The van der Waals surface area contributed by atoms with E-state index >= 15 is 0 Å². The largest absolute Gasteiger partial charge is 0.368 e. The van der Waals surface area contributed by atoms with Gasteiger partial charge in [0.2, 0.25) is 0 Å². The number of carbonyl (C=O) groups excluding carboxylic acids is 1. The number of urea groups is 1. The first-order valence-electron chi connectivity index (χ1n) is 9.40. The van der Waals surface area contributed by atoms with Gasteiger partial charge in [-0.05, 0) is 42.2 Å². The van der Waals surface area contributed by atoms with Gasteiger partial charge < -0.3 is 15.1 Å². The molecular weight excluding hydrogens is 336 g/mol. The number of para-hydroxylation sites is 1. The molecule has 0 unspecified atom stereocenters. The van der Waals surface area contributed by atoms with Crippen LogP contribution in [0.25, 0.3) is 0 Å². The number of anilines is 2. The number of piperazine rings is 1. The number of nitriles is 1. The summed E-state index contributed by atoms with van der Waals surface area (Å²) in [6.07, 6.45) is 0. The molecule has 5 nitrogen and oxygen atoms in total. The summed E-state index contributed by atoms with van der Waals surface area (Å²) < 4.78 is 0. The van der Waals surface area contributed by atoms with E-state index in [1.165, 1.54) is 16.8 Å². The van der Waals surface area contributed by atoms with Gasteiger partial charge in [0.05, 0.1) is 11.6 Å². The van der Waals surface area contributed by atoms with Crippen molar-refractivity contribution >= 4 is 17.4 Å². The van der Waals surface area contributed by atoms with Gasteiger partial charge in [-0.1, -0.05) is 38.1 Å². The van der Waals surface area contributed by atoms with E-state index in [0.29, 0.717) is 30.3 Å². The molecule has 1 aliphatic rings. The number of hydrogen-bond donors (Lipinski definition) is 1. The van der Waals surface area contributed by atoms with Gasteiger partial charge in [0.25, 0.3) is 0 Å². The van der Waals surface area contributed by atoms with Crippen molar-refractivity contribution in [2.75, 3.05) is 36.4 Å². The molecule has 2 aromatic carbocycles. The van der Waals surface area contributed by atoms with Gasteiger partial charge in [-0.15, -0.1) is 0 Å². The fourth-order valence-corrected chi connectivity index (χ4v) is 3.58. The van der Waals surface area contributed by atoms with Gasteiger partial charge in [0.1, 0.15) is 0 Å². The number of rotatable bonds is 3. The van der Waals surface area contributed by atoms with Crippen LogP contribution in [0.1, 0.15) is 36.5 Å². The Kier molecular flexibility index (Phi) is 5.66. The molecule has 2 amide bonds. The van der Waals surface area contributed by atoms with Crippen molar-refractivity contribution in [3.05, 3.63) is 59.2 Å². The van der Waals surface area contributed by atoms with Crippen molar-refractivity contribution in [1.29, 1.82) is 5.26 Å². The lowest BCUT2D eigenvalue weighted by molar-refractivity contribution is 0.208. The van der Waals surface area contributed by atoms with Crippen molar-refractivity contribution in [2.24, 2.45) is 0 Å². The van der Waals surface area contributed by atoms with Gasteiger partial charge in [-0.25, -0.2) is 4.79 Å². The van der Waals surface area contributed by atoms with Crippen LogP contribution in [-0.2, 0) is 0 Å². The van der Waals surface area contributed by atoms with Gasteiger partial charge in [-0.2, -0.15) is 5.26 Å². The Balaban J connectivity index is 1.65. The van der Waals surface area contributed by atoms with Gasteiger partial charge >= 0.3 is 6.03 Å². The minimum atomic E-state index is -0.112. The summed E-state index contributed by atoms with van der Waals surface area (Å²) in [7, 11) is 0. The minimum absolute atomic E-state index is 0.112. The maximum absolute atomic E-state index is 12.6. The van der Waals surface area contributed by atoms with Crippen molar-refractivity contribution in [3.63, 3.8) is 0 Å². The molecule has 1 saturated heterocycles. The van der Waals surface area contributed by atoms with E-state index in [-0.39, 0.29) is 6.03 Å². The zero-order chi connectivity index (χ0) is 19.4. The van der Waals surface area contributed by atoms with Crippen LogP contribution in [0.4, 0.5) is 16.2 Å².